The number of hydrogen-bond donors (Lipinski definition) is 2. The lowest BCUT2D eigenvalue weighted by Crippen LogP contribution is -2.22. The van der Waals surface area contributed by atoms with Crippen molar-refractivity contribution < 1.29 is 19.1 Å². The van der Waals surface area contributed by atoms with E-state index in [4.69, 9.17) is 4.74 Å². The summed E-state index contributed by atoms with van der Waals surface area (Å²) in [6.07, 6.45) is 0.714. The van der Waals surface area contributed by atoms with E-state index in [1.54, 1.807) is 12.1 Å². The Morgan fingerprint density at radius 3 is 2.52 bits per heavy atom. The van der Waals surface area contributed by atoms with Crippen LogP contribution in [0.25, 0.3) is 10.4 Å². The molecule has 0 aliphatic carbocycles. The first-order valence-electron chi connectivity index (χ1n) is 10.1. The summed E-state index contributed by atoms with van der Waals surface area (Å²) < 4.78 is 5.69. The van der Waals surface area contributed by atoms with Crippen molar-refractivity contribution >= 4 is 34.7 Å². The van der Waals surface area contributed by atoms with Crippen LogP contribution in [0.15, 0.2) is 60.7 Å². The van der Waals surface area contributed by atoms with Crippen molar-refractivity contribution in [2.75, 3.05) is 11.9 Å². The highest BCUT2D eigenvalue weighted by Gasteiger charge is 2.30. The summed E-state index contributed by atoms with van der Waals surface area (Å²) >= 11 is 1.39. The van der Waals surface area contributed by atoms with Gasteiger partial charge < -0.3 is 10.1 Å². The molecule has 0 spiro atoms. The van der Waals surface area contributed by atoms with E-state index >= 15 is 0 Å². The Kier molecular flexibility index (Phi) is 6.13. The van der Waals surface area contributed by atoms with Crippen molar-refractivity contribution in [3.05, 3.63) is 71.1 Å². The van der Waals surface area contributed by atoms with Gasteiger partial charge in [0.25, 0.3) is 5.91 Å². The number of anilines is 1. The molecule has 1 aliphatic rings. The van der Waals surface area contributed by atoms with Gasteiger partial charge in [0.05, 0.1) is 12.5 Å². The van der Waals surface area contributed by atoms with Crippen LogP contribution in [-0.4, -0.2) is 24.3 Å². The molecule has 6 nitrogen and oxygen atoms in total. The Morgan fingerprint density at radius 2 is 1.87 bits per heavy atom. The van der Waals surface area contributed by atoms with Crippen molar-refractivity contribution in [3.8, 4) is 16.2 Å². The molecule has 1 fully saturated rings. The van der Waals surface area contributed by atoms with E-state index in [-0.39, 0.29) is 30.1 Å². The minimum absolute atomic E-state index is 0.222. The molecule has 2 aromatic carbocycles. The number of carbonyl (C=O) groups excluding carboxylic acids is 3. The number of rotatable bonds is 7. The maximum Gasteiger partial charge on any atom is 0.269 e. The molecule has 2 N–H and O–H groups in total. The van der Waals surface area contributed by atoms with E-state index in [2.05, 4.69) is 10.6 Å². The third-order valence-corrected chi connectivity index (χ3v) is 6.19. The predicted octanol–water partition coefficient (Wildman–Crippen LogP) is 4.27. The van der Waals surface area contributed by atoms with Gasteiger partial charge in [-0.05, 0) is 42.7 Å². The first-order chi connectivity index (χ1) is 15.0. The fourth-order valence-corrected chi connectivity index (χ4v) is 4.51. The lowest BCUT2D eigenvalue weighted by atomic mass is 9.98. The van der Waals surface area contributed by atoms with Crippen molar-refractivity contribution in [1.82, 2.24) is 5.32 Å². The molecule has 2 heterocycles. The second kappa shape index (κ2) is 9.14. The molecule has 7 heteroatoms. The molecule has 158 valence electrons. The minimum atomic E-state index is -0.329. The monoisotopic (exact) mass is 434 g/mol. The smallest absolute Gasteiger partial charge is 0.269 e. The molecule has 0 unspecified atom stereocenters. The second-order valence-electron chi connectivity index (χ2n) is 7.27. The third kappa shape index (κ3) is 4.83. The summed E-state index contributed by atoms with van der Waals surface area (Å²) in [6, 6.07) is 19.1. The summed E-state index contributed by atoms with van der Waals surface area (Å²) in [5, 5.41) is 5.24. The quantitative estimate of drug-likeness (QED) is 0.544. The van der Waals surface area contributed by atoms with Gasteiger partial charge in [0, 0.05) is 17.0 Å². The van der Waals surface area contributed by atoms with E-state index in [1.807, 2.05) is 55.5 Å². The number of thiophene rings is 1. The summed E-state index contributed by atoms with van der Waals surface area (Å²) in [6.45, 7) is 2.36. The van der Waals surface area contributed by atoms with Gasteiger partial charge >= 0.3 is 0 Å². The number of amides is 3. The Morgan fingerprint density at radius 1 is 1.13 bits per heavy atom. The number of carbonyl (C=O) groups is 3. The molecule has 3 amide bonds. The van der Waals surface area contributed by atoms with E-state index in [1.165, 1.54) is 11.3 Å². The first-order valence-corrected chi connectivity index (χ1v) is 10.9. The highest BCUT2D eigenvalue weighted by Crippen LogP contribution is 2.36. The number of ether oxygens (including phenoxy) is 1. The maximum absolute atomic E-state index is 12.9. The molecule has 4 rings (SSSR count). The van der Waals surface area contributed by atoms with E-state index in [0.29, 0.717) is 29.3 Å². The fourth-order valence-electron chi connectivity index (χ4n) is 3.51. The number of hydrogen-bond acceptors (Lipinski definition) is 5. The van der Waals surface area contributed by atoms with E-state index < -0.39 is 0 Å². The topological polar surface area (TPSA) is 84.5 Å². The largest absolute Gasteiger partial charge is 0.492 e. The van der Waals surface area contributed by atoms with Crippen molar-refractivity contribution in [2.45, 2.75) is 19.8 Å². The van der Waals surface area contributed by atoms with Crippen LogP contribution < -0.4 is 15.4 Å². The second-order valence-corrected chi connectivity index (χ2v) is 8.32. The van der Waals surface area contributed by atoms with Gasteiger partial charge in [-0.3, -0.25) is 19.7 Å². The Hall–Kier alpha value is -3.45. The normalized spacial score (nSPS) is 15.6. The average Bonchev–Trinajstić information content (AvgIpc) is 3.33. The van der Waals surface area contributed by atoms with Gasteiger partial charge in [-0.2, -0.15) is 0 Å². The Labute approximate surface area is 184 Å². The van der Waals surface area contributed by atoms with Gasteiger partial charge in [-0.1, -0.05) is 42.5 Å². The van der Waals surface area contributed by atoms with Gasteiger partial charge in [0.1, 0.15) is 10.6 Å². The van der Waals surface area contributed by atoms with E-state index in [9.17, 15) is 14.4 Å². The lowest BCUT2D eigenvalue weighted by Gasteiger charge is -2.09. The molecule has 1 aliphatic heterocycles. The van der Waals surface area contributed by atoms with Gasteiger partial charge in [-0.15, -0.1) is 11.3 Å². The first kappa shape index (κ1) is 20.8. The summed E-state index contributed by atoms with van der Waals surface area (Å²) in [5.41, 5.74) is 2.62. The highest BCUT2D eigenvalue weighted by atomic mass is 32.1. The Balaban J connectivity index is 1.47. The SMILES string of the molecule is CCOc1cc(-c2ccccc2)sc1C(=O)Nc1ccc(C[C@H]2CC(=O)NC2=O)cc1. The zero-order chi connectivity index (χ0) is 21.8. The molecule has 1 saturated heterocycles. The van der Waals surface area contributed by atoms with Crippen LogP contribution >= 0.6 is 11.3 Å². The summed E-state index contributed by atoms with van der Waals surface area (Å²) in [7, 11) is 0. The third-order valence-electron chi connectivity index (χ3n) is 5.02. The Bertz CT molecular complexity index is 1110. The fraction of sp³-hybridized carbons (Fsp3) is 0.208. The van der Waals surface area contributed by atoms with Crippen LogP contribution in [0.1, 0.15) is 28.6 Å². The van der Waals surface area contributed by atoms with Crippen LogP contribution in [0.5, 0.6) is 5.75 Å². The molecule has 3 aromatic rings. The highest BCUT2D eigenvalue weighted by molar-refractivity contribution is 7.17. The van der Waals surface area contributed by atoms with Crippen LogP contribution in [0, 0.1) is 5.92 Å². The summed E-state index contributed by atoms with van der Waals surface area (Å²) in [5.74, 6) is -0.446. The number of nitrogens with one attached hydrogen (secondary N) is 2. The molecular formula is C24H22N2O4S. The van der Waals surface area contributed by atoms with Gasteiger partial charge in [0.15, 0.2) is 0 Å². The van der Waals surface area contributed by atoms with Crippen LogP contribution in [0.4, 0.5) is 5.69 Å². The number of benzene rings is 2. The zero-order valence-electron chi connectivity index (χ0n) is 17.0. The lowest BCUT2D eigenvalue weighted by molar-refractivity contribution is -0.125. The summed E-state index contributed by atoms with van der Waals surface area (Å²) in [4.78, 5) is 37.5. The zero-order valence-corrected chi connectivity index (χ0v) is 17.8. The van der Waals surface area contributed by atoms with E-state index in [0.717, 1.165) is 16.0 Å². The van der Waals surface area contributed by atoms with Crippen molar-refractivity contribution in [2.24, 2.45) is 5.92 Å². The standard InChI is InChI=1S/C24H22N2O4S/c1-2-30-19-14-20(16-6-4-3-5-7-16)31-22(19)24(29)25-18-10-8-15(9-11-18)12-17-13-21(27)26-23(17)28/h3-11,14,17H,2,12-13H2,1H3,(H,25,29)(H,26,27,28)/t17-/m0/s1. The minimum Gasteiger partial charge on any atom is -0.492 e. The van der Waals surface area contributed by atoms with Crippen molar-refractivity contribution in [1.29, 1.82) is 0 Å². The molecule has 31 heavy (non-hydrogen) atoms. The number of imide groups is 1. The average molecular weight is 435 g/mol. The molecular weight excluding hydrogens is 412 g/mol. The van der Waals surface area contributed by atoms with Crippen LogP contribution in [-0.2, 0) is 16.0 Å². The molecule has 0 radical (unpaired) electrons. The maximum atomic E-state index is 12.9. The van der Waals surface area contributed by atoms with Crippen LogP contribution in [0.2, 0.25) is 0 Å². The van der Waals surface area contributed by atoms with Gasteiger partial charge in [0.2, 0.25) is 11.8 Å². The van der Waals surface area contributed by atoms with Gasteiger partial charge in [-0.25, -0.2) is 0 Å². The predicted molar refractivity (Wildman–Crippen MR) is 120 cm³/mol. The van der Waals surface area contributed by atoms with Crippen molar-refractivity contribution in [3.63, 3.8) is 0 Å². The molecule has 0 saturated carbocycles. The van der Waals surface area contributed by atoms with Crippen LogP contribution in [0.3, 0.4) is 0 Å². The molecule has 1 aromatic heterocycles. The molecule has 0 bridgehead atoms. The molecule has 1 atom stereocenters.